The fourth-order valence-electron chi connectivity index (χ4n) is 1.77. The molecule has 1 unspecified atom stereocenters. The zero-order chi connectivity index (χ0) is 16.2. The van der Waals surface area contributed by atoms with E-state index < -0.39 is 28.1 Å². The fourth-order valence-corrected chi connectivity index (χ4v) is 2.71. The van der Waals surface area contributed by atoms with Gasteiger partial charge in [-0.25, -0.2) is 18.0 Å². The summed E-state index contributed by atoms with van der Waals surface area (Å²) in [6.07, 6.45) is 4.39. The molecule has 0 bridgehead atoms. The summed E-state index contributed by atoms with van der Waals surface area (Å²) >= 11 is 0. The van der Waals surface area contributed by atoms with Gasteiger partial charge in [0.25, 0.3) is 0 Å². The van der Waals surface area contributed by atoms with Crippen molar-refractivity contribution in [2.75, 3.05) is 13.2 Å². The van der Waals surface area contributed by atoms with Gasteiger partial charge in [-0.05, 0) is 24.3 Å². The van der Waals surface area contributed by atoms with Crippen LogP contribution in [0, 0.1) is 12.3 Å². The van der Waals surface area contributed by atoms with Gasteiger partial charge in [0.15, 0.2) is 0 Å². The number of terminal acetylenes is 1. The Morgan fingerprint density at radius 3 is 2.64 bits per heavy atom. The standard InChI is InChI=1S/C14H13NO6S/c1-2-8-15-22(18,19)11-5-3-10(4-6-11)13(16)21-12-7-9-20-14(12)17/h1,3-6,12,15H,7-9H2. The molecule has 1 fully saturated rings. The van der Waals surface area contributed by atoms with Gasteiger partial charge in [0, 0.05) is 6.42 Å². The minimum Gasteiger partial charge on any atom is -0.463 e. The summed E-state index contributed by atoms with van der Waals surface area (Å²) in [5.41, 5.74) is 0.135. The summed E-state index contributed by atoms with van der Waals surface area (Å²) in [4.78, 5) is 23.1. The Hall–Kier alpha value is -2.37. The molecule has 0 aliphatic carbocycles. The predicted molar refractivity (Wildman–Crippen MR) is 75.2 cm³/mol. The molecule has 1 aliphatic rings. The van der Waals surface area contributed by atoms with Crippen LogP contribution in [-0.2, 0) is 24.3 Å². The lowest BCUT2D eigenvalue weighted by molar-refractivity contribution is -0.145. The van der Waals surface area contributed by atoms with E-state index in [4.69, 9.17) is 11.2 Å². The van der Waals surface area contributed by atoms with E-state index in [0.717, 1.165) is 0 Å². The largest absolute Gasteiger partial charge is 0.463 e. The number of hydrogen-bond acceptors (Lipinski definition) is 6. The number of nitrogens with one attached hydrogen (secondary N) is 1. The molecule has 0 aromatic heterocycles. The van der Waals surface area contributed by atoms with Crippen LogP contribution in [0.2, 0.25) is 0 Å². The van der Waals surface area contributed by atoms with Crippen molar-refractivity contribution in [3.8, 4) is 12.3 Å². The fraction of sp³-hybridized carbons (Fsp3) is 0.286. The maximum Gasteiger partial charge on any atom is 0.347 e. The molecule has 1 saturated heterocycles. The molecule has 2 rings (SSSR count). The van der Waals surface area contributed by atoms with Crippen LogP contribution < -0.4 is 4.72 Å². The van der Waals surface area contributed by atoms with Crippen molar-refractivity contribution in [3.05, 3.63) is 29.8 Å². The van der Waals surface area contributed by atoms with E-state index in [1.165, 1.54) is 24.3 Å². The summed E-state index contributed by atoms with van der Waals surface area (Å²) in [5, 5.41) is 0. The highest BCUT2D eigenvalue weighted by atomic mass is 32.2. The van der Waals surface area contributed by atoms with E-state index in [0.29, 0.717) is 6.42 Å². The molecule has 0 amide bonds. The SMILES string of the molecule is C#CCNS(=O)(=O)c1ccc(C(=O)OC2CCOC2=O)cc1. The van der Waals surface area contributed by atoms with Crippen LogP contribution in [0.3, 0.4) is 0 Å². The minimum absolute atomic E-state index is 0.0282. The zero-order valence-corrected chi connectivity index (χ0v) is 12.3. The lowest BCUT2D eigenvalue weighted by Crippen LogP contribution is -2.24. The second-order valence-electron chi connectivity index (χ2n) is 4.40. The van der Waals surface area contributed by atoms with Crippen molar-refractivity contribution in [3.63, 3.8) is 0 Å². The summed E-state index contributed by atoms with van der Waals surface area (Å²) in [5.74, 6) is 0.864. The highest BCUT2D eigenvalue weighted by Crippen LogP contribution is 2.15. The van der Waals surface area contributed by atoms with Crippen LogP contribution in [0.4, 0.5) is 0 Å². The first-order valence-electron chi connectivity index (χ1n) is 6.35. The van der Waals surface area contributed by atoms with Gasteiger partial charge >= 0.3 is 11.9 Å². The molecule has 1 aromatic rings. The summed E-state index contributed by atoms with van der Waals surface area (Å²) in [6.45, 7) is 0.0880. The molecule has 8 heteroatoms. The first-order valence-corrected chi connectivity index (χ1v) is 7.83. The first-order chi connectivity index (χ1) is 10.4. The lowest BCUT2D eigenvalue weighted by Gasteiger charge is -2.09. The summed E-state index contributed by atoms with van der Waals surface area (Å²) < 4.78 is 35.5. The van der Waals surface area contributed by atoms with Gasteiger partial charge in [-0.2, -0.15) is 4.72 Å². The highest BCUT2D eigenvalue weighted by molar-refractivity contribution is 7.89. The van der Waals surface area contributed by atoms with E-state index in [-0.39, 0.29) is 23.6 Å². The zero-order valence-electron chi connectivity index (χ0n) is 11.4. The van der Waals surface area contributed by atoms with Crippen LogP contribution in [-0.4, -0.2) is 39.6 Å². The van der Waals surface area contributed by atoms with Crippen LogP contribution in [0.25, 0.3) is 0 Å². The predicted octanol–water partition coefficient (Wildman–Crippen LogP) is 0.0704. The number of rotatable bonds is 5. The third kappa shape index (κ3) is 3.63. The number of carbonyl (C=O) groups is 2. The molecule has 1 atom stereocenters. The Balaban J connectivity index is 2.07. The molecule has 22 heavy (non-hydrogen) atoms. The summed E-state index contributed by atoms with van der Waals surface area (Å²) in [6, 6.07) is 5.10. The van der Waals surface area contributed by atoms with Crippen molar-refractivity contribution in [1.82, 2.24) is 4.72 Å². The van der Waals surface area contributed by atoms with Crippen LogP contribution in [0.15, 0.2) is 29.2 Å². The molecular formula is C14H13NO6S. The smallest absolute Gasteiger partial charge is 0.347 e. The van der Waals surface area contributed by atoms with Gasteiger partial charge in [0.1, 0.15) is 0 Å². The molecule has 1 N–H and O–H groups in total. The number of sulfonamides is 1. The Morgan fingerprint density at radius 2 is 2.09 bits per heavy atom. The van der Waals surface area contributed by atoms with Crippen molar-refractivity contribution < 1.29 is 27.5 Å². The molecule has 1 aliphatic heterocycles. The third-order valence-electron chi connectivity index (χ3n) is 2.90. The van der Waals surface area contributed by atoms with Crippen molar-refractivity contribution >= 4 is 22.0 Å². The molecule has 7 nitrogen and oxygen atoms in total. The lowest BCUT2D eigenvalue weighted by atomic mass is 10.2. The monoisotopic (exact) mass is 323 g/mol. The molecule has 0 saturated carbocycles. The number of ether oxygens (including phenoxy) is 2. The number of cyclic esters (lactones) is 1. The Kier molecular flexibility index (Phi) is 4.80. The molecular weight excluding hydrogens is 310 g/mol. The van der Waals surface area contributed by atoms with Gasteiger partial charge in [-0.15, -0.1) is 6.42 Å². The van der Waals surface area contributed by atoms with Crippen molar-refractivity contribution in [1.29, 1.82) is 0 Å². The highest BCUT2D eigenvalue weighted by Gasteiger charge is 2.30. The normalized spacial score (nSPS) is 17.6. The average molecular weight is 323 g/mol. The second kappa shape index (κ2) is 6.60. The molecule has 1 heterocycles. The molecule has 1 aromatic carbocycles. The molecule has 116 valence electrons. The molecule has 0 spiro atoms. The summed E-state index contributed by atoms with van der Waals surface area (Å²) in [7, 11) is -3.71. The van der Waals surface area contributed by atoms with E-state index in [1.54, 1.807) is 0 Å². The quantitative estimate of drug-likeness (QED) is 0.608. The average Bonchev–Trinajstić information content (AvgIpc) is 2.90. The topological polar surface area (TPSA) is 98.8 Å². The minimum atomic E-state index is -3.71. The maximum absolute atomic E-state index is 11.9. The Bertz CT molecular complexity index is 717. The number of hydrogen-bond donors (Lipinski definition) is 1. The van der Waals surface area contributed by atoms with Crippen molar-refractivity contribution in [2.45, 2.75) is 17.4 Å². The van der Waals surface area contributed by atoms with E-state index in [9.17, 15) is 18.0 Å². The Labute approximate surface area is 127 Å². The van der Waals surface area contributed by atoms with Crippen LogP contribution in [0.5, 0.6) is 0 Å². The van der Waals surface area contributed by atoms with Gasteiger partial charge in [0.05, 0.1) is 23.6 Å². The van der Waals surface area contributed by atoms with E-state index in [1.807, 2.05) is 0 Å². The third-order valence-corrected chi connectivity index (χ3v) is 4.32. The van der Waals surface area contributed by atoms with Gasteiger partial charge in [-0.3, -0.25) is 0 Å². The van der Waals surface area contributed by atoms with Crippen LogP contribution in [0.1, 0.15) is 16.8 Å². The van der Waals surface area contributed by atoms with E-state index in [2.05, 4.69) is 15.4 Å². The van der Waals surface area contributed by atoms with Gasteiger partial charge < -0.3 is 9.47 Å². The number of carbonyl (C=O) groups excluding carboxylic acids is 2. The van der Waals surface area contributed by atoms with Gasteiger partial charge in [0.2, 0.25) is 16.1 Å². The number of benzene rings is 1. The second-order valence-corrected chi connectivity index (χ2v) is 6.17. The Morgan fingerprint density at radius 1 is 1.41 bits per heavy atom. The number of esters is 2. The molecule has 0 radical (unpaired) electrons. The van der Waals surface area contributed by atoms with Gasteiger partial charge in [-0.1, -0.05) is 5.92 Å². The van der Waals surface area contributed by atoms with Crippen LogP contribution >= 0.6 is 0 Å². The van der Waals surface area contributed by atoms with Crippen molar-refractivity contribution in [2.24, 2.45) is 0 Å². The first kappa shape index (κ1) is 16.0. The maximum atomic E-state index is 11.9. The van der Waals surface area contributed by atoms with E-state index >= 15 is 0 Å².